The van der Waals surface area contributed by atoms with Crippen molar-refractivity contribution in [2.24, 2.45) is 0 Å². The number of carbonyl (C=O) groups excluding carboxylic acids is 2. The van der Waals surface area contributed by atoms with Crippen LogP contribution < -0.4 is 10.6 Å². The van der Waals surface area contributed by atoms with Crippen molar-refractivity contribution in [2.75, 3.05) is 59.1 Å². The average molecular weight is 462 g/mol. The Morgan fingerprint density at radius 1 is 1.06 bits per heavy atom. The molecule has 2 amide bonds. The minimum absolute atomic E-state index is 0.00243. The van der Waals surface area contributed by atoms with E-state index in [0.29, 0.717) is 25.8 Å². The van der Waals surface area contributed by atoms with Gasteiger partial charge in [-0.05, 0) is 18.2 Å². The molecule has 3 rings (SSSR count). The highest BCUT2D eigenvalue weighted by molar-refractivity contribution is 7.89. The number of nitrogens with one attached hydrogen (secondary N) is 2. The number of halogens is 2. The number of sulfonamides is 1. The fraction of sp³-hybridized carbons (Fsp3) is 0.556. The quantitative estimate of drug-likeness (QED) is 0.493. The topological polar surface area (TPSA) is 117 Å². The monoisotopic (exact) mass is 462 g/mol. The third kappa shape index (κ3) is 5.95. The maximum absolute atomic E-state index is 14.0. The van der Waals surface area contributed by atoms with E-state index in [1.807, 2.05) is 0 Å². The van der Waals surface area contributed by atoms with Crippen LogP contribution in [0.3, 0.4) is 0 Å². The van der Waals surface area contributed by atoms with Gasteiger partial charge in [-0.2, -0.15) is 4.31 Å². The van der Waals surface area contributed by atoms with Crippen LogP contribution in [0.1, 0.15) is 0 Å². The van der Waals surface area contributed by atoms with Crippen molar-refractivity contribution in [3.05, 3.63) is 29.8 Å². The van der Waals surface area contributed by atoms with E-state index in [1.54, 1.807) is 0 Å². The van der Waals surface area contributed by atoms with Gasteiger partial charge in [-0.25, -0.2) is 17.2 Å². The number of hydrogen-bond donors (Lipinski definition) is 2. The Morgan fingerprint density at radius 2 is 1.77 bits per heavy atom. The highest BCUT2D eigenvalue weighted by atomic mass is 32.2. The number of hydrogen-bond acceptors (Lipinski definition) is 7. The van der Waals surface area contributed by atoms with Crippen molar-refractivity contribution in [1.82, 2.24) is 19.8 Å². The molecular formula is C18H24F2N4O6S. The number of amides is 2. The molecule has 0 spiro atoms. The molecule has 10 nitrogen and oxygen atoms in total. The highest BCUT2D eigenvalue weighted by Gasteiger charge is 2.38. The van der Waals surface area contributed by atoms with Gasteiger partial charge in [-0.1, -0.05) is 0 Å². The zero-order chi connectivity index (χ0) is 22.4. The third-order valence-corrected chi connectivity index (χ3v) is 6.79. The molecule has 0 saturated carbocycles. The van der Waals surface area contributed by atoms with Gasteiger partial charge in [0.25, 0.3) is 0 Å². The molecular weight excluding hydrogens is 438 g/mol. The summed E-state index contributed by atoms with van der Waals surface area (Å²) in [4.78, 5) is 25.2. The van der Waals surface area contributed by atoms with E-state index in [-0.39, 0.29) is 26.2 Å². The first-order valence-electron chi connectivity index (χ1n) is 9.73. The lowest BCUT2D eigenvalue weighted by Gasteiger charge is -2.26. The molecule has 1 atom stereocenters. The average Bonchev–Trinajstić information content (AvgIpc) is 3.24. The van der Waals surface area contributed by atoms with Gasteiger partial charge in [0.1, 0.15) is 22.8 Å². The Hall–Kier alpha value is -2.19. The first kappa shape index (κ1) is 23.5. The Labute approximate surface area is 178 Å². The van der Waals surface area contributed by atoms with Crippen LogP contribution >= 0.6 is 0 Å². The van der Waals surface area contributed by atoms with E-state index in [1.165, 1.54) is 0 Å². The minimum atomic E-state index is -4.41. The van der Waals surface area contributed by atoms with Crippen LogP contribution in [0, 0.1) is 11.6 Å². The van der Waals surface area contributed by atoms with E-state index in [4.69, 9.17) is 9.47 Å². The number of morpholine rings is 1. The first-order valence-corrected chi connectivity index (χ1v) is 11.2. The van der Waals surface area contributed by atoms with Gasteiger partial charge in [0.2, 0.25) is 10.0 Å². The lowest BCUT2D eigenvalue weighted by Crippen LogP contribution is -2.48. The summed E-state index contributed by atoms with van der Waals surface area (Å²) < 4.78 is 64.2. The second kappa shape index (κ2) is 10.4. The van der Waals surface area contributed by atoms with E-state index in [2.05, 4.69) is 15.5 Å². The molecule has 1 aromatic carbocycles. The van der Waals surface area contributed by atoms with Gasteiger partial charge in [0.05, 0.1) is 26.4 Å². The second-order valence-corrected chi connectivity index (χ2v) is 8.79. The fourth-order valence-electron chi connectivity index (χ4n) is 3.24. The van der Waals surface area contributed by atoms with Crippen LogP contribution in [0.15, 0.2) is 23.1 Å². The Bertz CT molecular complexity index is 910. The molecule has 0 aliphatic carbocycles. The van der Waals surface area contributed by atoms with Crippen molar-refractivity contribution in [1.29, 1.82) is 0 Å². The van der Waals surface area contributed by atoms with Crippen molar-refractivity contribution >= 4 is 21.8 Å². The lowest BCUT2D eigenvalue weighted by atomic mass is 10.3. The van der Waals surface area contributed by atoms with Crippen molar-refractivity contribution in [2.45, 2.75) is 11.1 Å². The molecule has 0 unspecified atom stereocenters. The zero-order valence-electron chi connectivity index (χ0n) is 16.7. The minimum Gasteiger partial charge on any atom is -0.379 e. The molecule has 0 aromatic heterocycles. The van der Waals surface area contributed by atoms with Crippen molar-refractivity contribution in [3.8, 4) is 0 Å². The summed E-state index contributed by atoms with van der Waals surface area (Å²) in [6.07, 6.45) is -1.15. The number of rotatable bonds is 7. The molecule has 2 fully saturated rings. The van der Waals surface area contributed by atoms with Crippen LogP contribution in [0.2, 0.25) is 0 Å². The molecule has 2 N–H and O–H groups in total. The summed E-state index contributed by atoms with van der Waals surface area (Å²) >= 11 is 0. The van der Waals surface area contributed by atoms with Crippen LogP contribution in [-0.2, 0) is 29.1 Å². The molecule has 0 bridgehead atoms. The van der Waals surface area contributed by atoms with Gasteiger partial charge in [0, 0.05) is 32.7 Å². The first-order chi connectivity index (χ1) is 14.8. The lowest BCUT2D eigenvalue weighted by molar-refractivity contribution is -0.139. The zero-order valence-corrected chi connectivity index (χ0v) is 17.5. The maximum Gasteiger partial charge on any atom is 0.309 e. The van der Waals surface area contributed by atoms with E-state index in [0.717, 1.165) is 29.5 Å². The largest absolute Gasteiger partial charge is 0.379 e. The normalized spacial score (nSPS) is 20.5. The smallest absolute Gasteiger partial charge is 0.309 e. The standard InChI is InChI=1S/C18H24F2N4O6S/c19-13-1-2-14(20)15(11-13)31(27,28)24-7-10-30-16(24)12-22-18(26)17(25)21-3-4-23-5-8-29-9-6-23/h1-2,11,16H,3-10,12H2,(H,21,25)(H,22,26)/t16-/m1/s1. The SMILES string of the molecule is O=C(NCCN1CCOCC1)C(=O)NC[C@H]1OCCN1S(=O)(=O)c1cc(F)ccc1F. The van der Waals surface area contributed by atoms with Crippen LogP contribution in [0.4, 0.5) is 8.78 Å². The maximum atomic E-state index is 14.0. The third-order valence-electron chi connectivity index (χ3n) is 4.88. The summed E-state index contributed by atoms with van der Waals surface area (Å²) in [6.45, 7) is 3.14. The van der Waals surface area contributed by atoms with E-state index >= 15 is 0 Å². The molecule has 172 valence electrons. The summed E-state index contributed by atoms with van der Waals surface area (Å²) in [6, 6.07) is 2.11. The Kier molecular flexibility index (Phi) is 7.89. The predicted octanol–water partition coefficient (Wildman–Crippen LogP) is -1.12. The van der Waals surface area contributed by atoms with Crippen LogP contribution in [0.5, 0.6) is 0 Å². The molecule has 0 radical (unpaired) electrons. The molecule has 2 saturated heterocycles. The van der Waals surface area contributed by atoms with Gasteiger partial charge >= 0.3 is 11.8 Å². The summed E-state index contributed by atoms with van der Waals surface area (Å²) in [5.41, 5.74) is 0. The summed E-state index contributed by atoms with van der Waals surface area (Å²) in [5.74, 6) is -3.82. The second-order valence-electron chi connectivity index (χ2n) is 6.94. The number of benzene rings is 1. The number of carbonyl (C=O) groups is 2. The molecule has 1 aromatic rings. The molecule has 2 heterocycles. The molecule has 31 heavy (non-hydrogen) atoms. The van der Waals surface area contributed by atoms with E-state index < -0.39 is 44.6 Å². The van der Waals surface area contributed by atoms with Gasteiger partial charge in [0.15, 0.2) is 0 Å². The summed E-state index contributed by atoms with van der Waals surface area (Å²) in [5, 5.41) is 4.80. The number of ether oxygens (including phenoxy) is 2. The highest BCUT2D eigenvalue weighted by Crippen LogP contribution is 2.24. The summed E-state index contributed by atoms with van der Waals surface area (Å²) in [7, 11) is -4.41. The van der Waals surface area contributed by atoms with Gasteiger partial charge < -0.3 is 20.1 Å². The van der Waals surface area contributed by atoms with Crippen LogP contribution in [-0.4, -0.2) is 94.8 Å². The molecule has 2 aliphatic heterocycles. The van der Waals surface area contributed by atoms with Gasteiger partial charge in [-0.15, -0.1) is 0 Å². The molecule has 2 aliphatic rings. The Morgan fingerprint density at radius 3 is 2.52 bits per heavy atom. The fourth-order valence-corrected chi connectivity index (χ4v) is 4.82. The predicted molar refractivity (Wildman–Crippen MR) is 103 cm³/mol. The van der Waals surface area contributed by atoms with Crippen molar-refractivity contribution in [3.63, 3.8) is 0 Å². The van der Waals surface area contributed by atoms with Gasteiger partial charge in [-0.3, -0.25) is 14.5 Å². The van der Waals surface area contributed by atoms with Crippen LogP contribution in [0.25, 0.3) is 0 Å². The Balaban J connectivity index is 1.51. The molecule has 13 heteroatoms. The van der Waals surface area contributed by atoms with Crippen molar-refractivity contribution < 1.29 is 36.3 Å². The number of nitrogens with zero attached hydrogens (tertiary/aromatic N) is 2. The van der Waals surface area contributed by atoms with E-state index in [9.17, 15) is 26.8 Å².